The summed E-state index contributed by atoms with van der Waals surface area (Å²) >= 11 is 0. The molecule has 0 aromatic rings. The summed E-state index contributed by atoms with van der Waals surface area (Å²) in [5.74, 6) is 0.615. The topological polar surface area (TPSA) is 32.7 Å². The third kappa shape index (κ3) is 4.60. The zero-order chi connectivity index (χ0) is 9.68. The van der Waals surface area contributed by atoms with Crippen LogP contribution in [0.1, 0.15) is 20.3 Å². The third-order valence-electron chi connectivity index (χ3n) is 2.25. The van der Waals surface area contributed by atoms with Gasteiger partial charge in [-0.25, -0.2) is 0 Å². The van der Waals surface area contributed by atoms with Gasteiger partial charge >= 0.3 is 0 Å². The van der Waals surface area contributed by atoms with Crippen molar-refractivity contribution in [2.45, 2.75) is 26.4 Å². The van der Waals surface area contributed by atoms with Crippen molar-refractivity contribution in [2.75, 3.05) is 32.8 Å². The van der Waals surface area contributed by atoms with Crippen LogP contribution in [0.5, 0.6) is 0 Å². The molecule has 1 saturated heterocycles. The van der Waals surface area contributed by atoms with E-state index in [0.717, 1.165) is 39.3 Å². The highest BCUT2D eigenvalue weighted by atomic mass is 16.5. The summed E-state index contributed by atoms with van der Waals surface area (Å²) in [5.41, 5.74) is 0. The Morgan fingerprint density at radius 3 is 2.85 bits per heavy atom. The van der Waals surface area contributed by atoms with Crippen LogP contribution in [0.15, 0.2) is 0 Å². The molecular weight excluding hydrogens is 166 g/mol. The number of β-amino-alcohol motifs (C(OH)–C–C–N with tert-alkyl or cyclic N) is 1. The highest BCUT2D eigenvalue weighted by molar-refractivity contribution is 4.73. The van der Waals surface area contributed by atoms with E-state index in [9.17, 15) is 5.11 Å². The van der Waals surface area contributed by atoms with Gasteiger partial charge in [0.1, 0.15) is 0 Å². The van der Waals surface area contributed by atoms with Gasteiger partial charge in [0.05, 0.1) is 12.7 Å². The number of nitrogens with zero attached hydrogens (tertiary/aromatic N) is 1. The molecule has 1 unspecified atom stereocenters. The SMILES string of the molecule is CC(C)COCCN1CCC(O)C1. The number of aliphatic hydroxyl groups is 1. The van der Waals surface area contributed by atoms with Crippen molar-refractivity contribution < 1.29 is 9.84 Å². The summed E-state index contributed by atoms with van der Waals surface area (Å²) in [4.78, 5) is 2.25. The Labute approximate surface area is 80.7 Å². The summed E-state index contributed by atoms with van der Waals surface area (Å²) in [6.07, 6.45) is 0.814. The van der Waals surface area contributed by atoms with Crippen LogP contribution in [-0.4, -0.2) is 49.0 Å². The van der Waals surface area contributed by atoms with Crippen LogP contribution in [-0.2, 0) is 4.74 Å². The van der Waals surface area contributed by atoms with Crippen molar-refractivity contribution in [3.8, 4) is 0 Å². The molecule has 0 spiro atoms. The third-order valence-corrected chi connectivity index (χ3v) is 2.25. The maximum Gasteiger partial charge on any atom is 0.0679 e. The molecule has 1 fully saturated rings. The van der Waals surface area contributed by atoms with Gasteiger partial charge in [0.15, 0.2) is 0 Å². The van der Waals surface area contributed by atoms with Gasteiger partial charge < -0.3 is 9.84 Å². The number of likely N-dealkylation sites (tertiary alicyclic amines) is 1. The number of aliphatic hydroxyl groups excluding tert-OH is 1. The molecular formula is C10H21NO2. The smallest absolute Gasteiger partial charge is 0.0679 e. The Morgan fingerprint density at radius 2 is 2.31 bits per heavy atom. The summed E-state index contributed by atoms with van der Waals surface area (Å²) in [7, 11) is 0. The first-order valence-corrected chi connectivity index (χ1v) is 5.16. The van der Waals surface area contributed by atoms with Crippen molar-refractivity contribution >= 4 is 0 Å². The number of ether oxygens (including phenoxy) is 1. The minimum atomic E-state index is -0.106. The number of hydrogen-bond donors (Lipinski definition) is 1. The molecule has 13 heavy (non-hydrogen) atoms. The van der Waals surface area contributed by atoms with Gasteiger partial charge in [0.2, 0.25) is 0 Å². The first-order valence-electron chi connectivity index (χ1n) is 5.16. The fourth-order valence-corrected chi connectivity index (χ4v) is 1.53. The Kier molecular flexibility index (Phi) is 4.70. The number of hydrogen-bond acceptors (Lipinski definition) is 3. The van der Waals surface area contributed by atoms with Gasteiger partial charge in [-0.15, -0.1) is 0 Å². The highest BCUT2D eigenvalue weighted by Crippen LogP contribution is 2.07. The van der Waals surface area contributed by atoms with Crippen LogP contribution in [0.25, 0.3) is 0 Å². The normalized spacial score (nSPS) is 24.5. The fraction of sp³-hybridized carbons (Fsp3) is 1.00. The Hall–Kier alpha value is -0.120. The lowest BCUT2D eigenvalue weighted by Crippen LogP contribution is -2.26. The molecule has 1 aliphatic heterocycles. The van der Waals surface area contributed by atoms with E-state index in [4.69, 9.17) is 4.74 Å². The molecule has 1 rings (SSSR count). The van der Waals surface area contributed by atoms with Gasteiger partial charge in [-0.05, 0) is 12.3 Å². The van der Waals surface area contributed by atoms with E-state index in [2.05, 4.69) is 18.7 Å². The van der Waals surface area contributed by atoms with Gasteiger partial charge in [-0.1, -0.05) is 13.8 Å². The van der Waals surface area contributed by atoms with Gasteiger partial charge in [0.25, 0.3) is 0 Å². The average Bonchev–Trinajstić information content (AvgIpc) is 2.45. The first-order chi connectivity index (χ1) is 6.18. The molecule has 3 nitrogen and oxygen atoms in total. The number of rotatable bonds is 5. The Morgan fingerprint density at radius 1 is 1.54 bits per heavy atom. The molecule has 0 amide bonds. The Bertz CT molecular complexity index is 139. The maximum atomic E-state index is 9.26. The van der Waals surface area contributed by atoms with E-state index in [1.165, 1.54) is 0 Å². The fourth-order valence-electron chi connectivity index (χ4n) is 1.53. The predicted octanol–water partition coefficient (Wildman–Crippen LogP) is 0.726. The van der Waals surface area contributed by atoms with Crippen molar-refractivity contribution in [3.63, 3.8) is 0 Å². The summed E-state index contributed by atoms with van der Waals surface area (Å²) in [5, 5.41) is 9.26. The molecule has 1 atom stereocenters. The standard InChI is InChI=1S/C10H21NO2/c1-9(2)8-13-6-5-11-4-3-10(12)7-11/h9-10,12H,3-8H2,1-2H3. The minimum absolute atomic E-state index is 0.106. The summed E-state index contributed by atoms with van der Waals surface area (Å²) in [6.45, 7) is 8.75. The first kappa shape index (κ1) is 11.0. The lowest BCUT2D eigenvalue weighted by atomic mass is 10.2. The van der Waals surface area contributed by atoms with Gasteiger partial charge in [-0.2, -0.15) is 0 Å². The zero-order valence-electron chi connectivity index (χ0n) is 8.70. The second-order valence-corrected chi connectivity index (χ2v) is 4.21. The van der Waals surface area contributed by atoms with Crippen LogP contribution < -0.4 is 0 Å². The van der Waals surface area contributed by atoms with E-state index >= 15 is 0 Å². The summed E-state index contributed by atoms with van der Waals surface area (Å²) in [6, 6.07) is 0. The van der Waals surface area contributed by atoms with Gasteiger partial charge in [0, 0.05) is 26.2 Å². The molecule has 3 heteroatoms. The molecule has 0 aliphatic carbocycles. The Balaban J connectivity index is 1.94. The van der Waals surface area contributed by atoms with Gasteiger partial charge in [-0.3, -0.25) is 4.90 Å². The molecule has 0 aromatic heterocycles. The molecule has 1 N–H and O–H groups in total. The monoisotopic (exact) mass is 187 g/mol. The van der Waals surface area contributed by atoms with Crippen molar-refractivity contribution in [3.05, 3.63) is 0 Å². The van der Waals surface area contributed by atoms with E-state index in [1.54, 1.807) is 0 Å². The average molecular weight is 187 g/mol. The quantitative estimate of drug-likeness (QED) is 0.644. The largest absolute Gasteiger partial charge is 0.392 e. The van der Waals surface area contributed by atoms with Crippen molar-refractivity contribution in [1.29, 1.82) is 0 Å². The second-order valence-electron chi connectivity index (χ2n) is 4.21. The zero-order valence-corrected chi connectivity index (χ0v) is 8.70. The van der Waals surface area contributed by atoms with Crippen molar-refractivity contribution in [2.24, 2.45) is 5.92 Å². The molecule has 1 heterocycles. The van der Waals surface area contributed by atoms with E-state index in [-0.39, 0.29) is 6.10 Å². The summed E-state index contributed by atoms with van der Waals surface area (Å²) < 4.78 is 5.47. The minimum Gasteiger partial charge on any atom is -0.392 e. The van der Waals surface area contributed by atoms with Crippen LogP contribution in [0.3, 0.4) is 0 Å². The van der Waals surface area contributed by atoms with Crippen LogP contribution in [0.4, 0.5) is 0 Å². The maximum absolute atomic E-state index is 9.26. The molecule has 0 aromatic carbocycles. The molecule has 0 bridgehead atoms. The van der Waals surface area contributed by atoms with Crippen molar-refractivity contribution in [1.82, 2.24) is 4.90 Å². The van der Waals surface area contributed by atoms with E-state index in [0.29, 0.717) is 5.92 Å². The molecule has 78 valence electrons. The highest BCUT2D eigenvalue weighted by Gasteiger charge is 2.19. The van der Waals surface area contributed by atoms with Crippen LogP contribution in [0.2, 0.25) is 0 Å². The predicted molar refractivity (Wildman–Crippen MR) is 52.7 cm³/mol. The lowest BCUT2D eigenvalue weighted by Gasteiger charge is -2.15. The van der Waals surface area contributed by atoms with Crippen LogP contribution >= 0.6 is 0 Å². The molecule has 1 aliphatic rings. The van der Waals surface area contributed by atoms with E-state index in [1.807, 2.05) is 0 Å². The lowest BCUT2D eigenvalue weighted by molar-refractivity contribution is 0.0868. The second kappa shape index (κ2) is 5.58. The molecule has 0 radical (unpaired) electrons. The molecule has 0 saturated carbocycles. The van der Waals surface area contributed by atoms with Crippen LogP contribution in [0, 0.1) is 5.92 Å². The van der Waals surface area contributed by atoms with E-state index < -0.39 is 0 Å².